The summed E-state index contributed by atoms with van der Waals surface area (Å²) in [7, 11) is -4.25. The molecule has 4 rings (SSSR count). The number of hydrogen-bond acceptors (Lipinski definition) is 9. The second kappa shape index (κ2) is 11.1. The van der Waals surface area contributed by atoms with Crippen LogP contribution in [0.1, 0.15) is 53.7 Å². The van der Waals surface area contributed by atoms with E-state index in [-0.39, 0.29) is 22.0 Å². The zero-order valence-electron chi connectivity index (χ0n) is 20.3. The molecule has 36 heavy (non-hydrogen) atoms. The van der Waals surface area contributed by atoms with Gasteiger partial charge in [-0.2, -0.15) is 5.10 Å². The molecule has 0 saturated heterocycles. The van der Waals surface area contributed by atoms with Gasteiger partial charge in [-0.25, -0.2) is 13.1 Å². The third kappa shape index (κ3) is 5.76. The van der Waals surface area contributed by atoms with Crippen molar-refractivity contribution in [3.63, 3.8) is 0 Å². The zero-order chi connectivity index (χ0) is 25.9. The predicted molar refractivity (Wildman–Crippen MR) is 136 cm³/mol. The summed E-state index contributed by atoms with van der Waals surface area (Å²) in [5.41, 5.74) is 1.97. The van der Waals surface area contributed by atoms with Crippen molar-refractivity contribution in [3.05, 3.63) is 51.6 Å². The van der Waals surface area contributed by atoms with Crippen molar-refractivity contribution in [1.29, 1.82) is 0 Å². The molecule has 0 atom stereocenters. The van der Waals surface area contributed by atoms with Gasteiger partial charge in [-0.15, -0.1) is 5.10 Å². The fourth-order valence-electron chi connectivity index (χ4n) is 3.87. The Morgan fingerprint density at radius 2 is 2.03 bits per heavy atom. The summed E-state index contributed by atoms with van der Waals surface area (Å²) in [6.45, 7) is 6.94. The minimum atomic E-state index is -4.25. The Morgan fingerprint density at radius 1 is 1.25 bits per heavy atom. The van der Waals surface area contributed by atoms with E-state index in [9.17, 15) is 13.2 Å². The van der Waals surface area contributed by atoms with Crippen molar-refractivity contribution < 1.29 is 22.5 Å². The third-order valence-corrected chi connectivity index (χ3v) is 8.02. The van der Waals surface area contributed by atoms with Gasteiger partial charge in [0.05, 0.1) is 12.8 Å². The van der Waals surface area contributed by atoms with E-state index >= 15 is 0 Å². The van der Waals surface area contributed by atoms with Gasteiger partial charge >= 0.3 is 0 Å². The number of carbonyl (C=O) groups excluding carboxylic acids is 1. The molecule has 2 N–H and O–H groups in total. The number of amides is 1. The summed E-state index contributed by atoms with van der Waals surface area (Å²) in [6.07, 6.45) is 4.73. The molecule has 0 bridgehead atoms. The molecule has 0 spiro atoms. The largest absolute Gasteiger partial charge is 0.493 e. The number of aromatic nitrogens is 3. The average molecular weight is 578 g/mol. The van der Waals surface area contributed by atoms with E-state index in [1.165, 1.54) is 20.0 Å². The van der Waals surface area contributed by atoms with Crippen molar-refractivity contribution in [1.82, 2.24) is 25.4 Å². The van der Waals surface area contributed by atoms with Gasteiger partial charge in [0.2, 0.25) is 0 Å². The Balaban J connectivity index is 1.74. The normalized spacial score (nSPS) is 13.6. The van der Waals surface area contributed by atoms with Crippen LogP contribution in [0, 0.1) is 19.8 Å². The van der Waals surface area contributed by atoms with E-state index in [0.29, 0.717) is 40.4 Å². The monoisotopic (exact) mass is 577 g/mol. The quantitative estimate of drug-likeness (QED) is 0.325. The molecule has 192 valence electrons. The first-order valence-corrected chi connectivity index (χ1v) is 14.0. The van der Waals surface area contributed by atoms with Crippen molar-refractivity contribution in [3.8, 4) is 16.9 Å². The molecule has 1 aliphatic carbocycles. The second-order valence-corrected chi connectivity index (χ2v) is 11.2. The van der Waals surface area contributed by atoms with E-state index in [2.05, 4.69) is 48.2 Å². The van der Waals surface area contributed by atoms with Crippen LogP contribution < -0.4 is 14.8 Å². The standard InChI is InChI=1S/C24H28BrN5O5S/c1-4-10-26-12-18-20(34-13-16-5-6-16)8-7-19(25)21(18)17-9-11-27-28-22(17)24(31)30-36(32,33)23-14(2)29-35-15(23)3/h7-9,11,16,26H,4-6,10,12-13H2,1-3H3,(H,30,31). The summed E-state index contributed by atoms with van der Waals surface area (Å²) in [5.74, 6) is 0.434. The first-order chi connectivity index (χ1) is 17.2. The summed E-state index contributed by atoms with van der Waals surface area (Å²) in [4.78, 5) is 13.1. The SMILES string of the molecule is CCCNCc1c(OCC2CC2)ccc(Br)c1-c1ccnnc1C(=O)NS(=O)(=O)c1c(C)noc1C. The number of nitrogens with zero attached hydrogens (tertiary/aromatic N) is 3. The zero-order valence-corrected chi connectivity index (χ0v) is 22.7. The molecule has 1 saturated carbocycles. The smallest absolute Gasteiger partial charge is 0.286 e. The highest BCUT2D eigenvalue weighted by Crippen LogP contribution is 2.39. The van der Waals surface area contributed by atoms with Crippen LogP contribution in [-0.4, -0.2) is 42.8 Å². The third-order valence-electron chi connectivity index (χ3n) is 5.79. The molecule has 0 radical (unpaired) electrons. The van der Waals surface area contributed by atoms with Gasteiger partial charge in [-0.3, -0.25) is 4.79 Å². The molecule has 3 aromatic rings. The summed E-state index contributed by atoms with van der Waals surface area (Å²) < 4.78 is 39.8. The van der Waals surface area contributed by atoms with Crippen LogP contribution >= 0.6 is 15.9 Å². The lowest BCUT2D eigenvalue weighted by molar-refractivity contribution is 0.0976. The summed E-state index contributed by atoms with van der Waals surface area (Å²) in [6, 6.07) is 5.39. The Kier molecular flexibility index (Phi) is 8.06. The van der Waals surface area contributed by atoms with Gasteiger partial charge in [0.15, 0.2) is 16.3 Å². The molecule has 0 aliphatic heterocycles. The fraction of sp³-hybridized carbons (Fsp3) is 0.417. The first kappa shape index (κ1) is 26.2. The molecular weight excluding hydrogens is 550 g/mol. The lowest BCUT2D eigenvalue weighted by Crippen LogP contribution is -2.32. The van der Waals surface area contributed by atoms with Crippen LogP contribution in [0.2, 0.25) is 0 Å². The number of halogens is 1. The molecular formula is C24H28BrN5O5S. The highest BCUT2D eigenvalue weighted by atomic mass is 79.9. The molecule has 2 aromatic heterocycles. The van der Waals surface area contributed by atoms with E-state index in [1.54, 1.807) is 6.07 Å². The topological polar surface area (TPSA) is 136 Å². The predicted octanol–water partition coefficient (Wildman–Crippen LogP) is 3.92. The number of aryl methyl sites for hydroxylation is 2. The van der Waals surface area contributed by atoms with Crippen LogP contribution in [0.25, 0.3) is 11.1 Å². The van der Waals surface area contributed by atoms with Crippen LogP contribution in [0.15, 0.2) is 38.3 Å². The maximum Gasteiger partial charge on any atom is 0.286 e. The van der Waals surface area contributed by atoms with Crippen LogP contribution in [0.4, 0.5) is 0 Å². The van der Waals surface area contributed by atoms with E-state index in [0.717, 1.165) is 31.4 Å². The summed E-state index contributed by atoms with van der Waals surface area (Å²) >= 11 is 3.61. The minimum Gasteiger partial charge on any atom is -0.493 e. The van der Waals surface area contributed by atoms with Crippen molar-refractivity contribution in [2.75, 3.05) is 13.2 Å². The molecule has 1 amide bonds. The number of hydrogen-bond donors (Lipinski definition) is 2. The molecule has 1 fully saturated rings. The molecule has 1 aromatic carbocycles. The van der Waals surface area contributed by atoms with Gasteiger partial charge in [-0.1, -0.05) is 28.0 Å². The van der Waals surface area contributed by atoms with Crippen LogP contribution in [-0.2, 0) is 16.6 Å². The maximum absolute atomic E-state index is 13.3. The van der Waals surface area contributed by atoms with Crippen molar-refractivity contribution in [2.24, 2.45) is 5.92 Å². The van der Waals surface area contributed by atoms with E-state index in [4.69, 9.17) is 9.26 Å². The Labute approximate surface area is 218 Å². The average Bonchev–Trinajstić information content (AvgIpc) is 3.60. The lowest BCUT2D eigenvalue weighted by atomic mass is 9.97. The second-order valence-electron chi connectivity index (χ2n) is 8.71. The lowest BCUT2D eigenvalue weighted by Gasteiger charge is -2.19. The fourth-order valence-corrected chi connectivity index (χ4v) is 5.73. The maximum atomic E-state index is 13.3. The highest BCUT2D eigenvalue weighted by molar-refractivity contribution is 9.10. The minimum absolute atomic E-state index is 0.0831. The molecule has 12 heteroatoms. The van der Waals surface area contributed by atoms with Gasteiger partial charge < -0.3 is 14.6 Å². The number of sulfonamides is 1. The Hall–Kier alpha value is -2.83. The van der Waals surface area contributed by atoms with Crippen LogP contribution in [0.5, 0.6) is 5.75 Å². The molecule has 1 aliphatic rings. The number of nitrogens with one attached hydrogen (secondary N) is 2. The van der Waals surface area contributed by atoms with Crippen molar-refractivity contribution in [2.45, 2.75) is 51.5 Å². The van der Waals surface area contributed by atoms with E-state index in [1.807, 2.05) is 12.1 Å². The Bertz CT molecular complexity index is 1350. The highest BCUT2D eigenvalue weighted by Gasteiger charge is 2.30. The number of carbonyl (C=O) groups is 1. The Morgan fingerprint density at radius 3 is 2.69 bits per heavy atom. The van der Waals surface area contributed by atoms with Gasteiger partial charge in [0.25, 0.3) is 15.9 Å². The molecule has 10 nitrogen and oxygen atoms in total. The molecule has 0 unspecified atom stereocenters. The number of benzene rings is 1. The molecule has 2 heterocycles. The van der Waals surface area contributed by atoms with Gasteiger partial charge in [0.1, 0.15) is 11.4 Å². The van der Waals surface area contributed by atoms with E-state index < -0.39 is 15.9 Å². The van der Waals surface area contributed by atoms with Gasteiger partial charge in [0, 0.05) is 27.7 Å². The van der Waals surface area contributed by atoms with Crippen LogP contribution in [0.3, 0.4) is 0 Å². The van der Waals surface area contributed by atoms with Gasteiger partial charge in [-0.05, 0) is 63.8 Å². The first-order valence-electron chi connectivity index (χ1n) is 11.7. The summed E-state index contributed by atoms with van der Waals surface area (Å²) in [5, 5.41) is 14.9. The number of ether oxygens (including phenoxy) is 1. The van der Waals surface area contributed by atoms with Crippen molar-refractivity contribution >= 4 is 31.9 Å². The number of rotatable bonds is 11.